The zero-order valence-electron chi connectivity index (χ0n) is 8.80. The summed E-state index contributed by atoms with van der Waals surface area (Å²) in [6, 6.07) is 1.79. The Bertz CT molecular complexity index is 292. The van der Waals surface area contributed by atoms with Crippen molar-refractivity contribution in [2.24, 2.45) is 0 Å². The molecule has 0 aliphatic carbocycles. The van der Waals surface area contributed by atoms with Crippen LogP contribution in [0.3, 0.4) is 0 Å². The lowest BCUT2D eigenvalue weighted by molar-refractivity contribution is -0.0229. The normalized spacial score (nSPS) is 12.4. The van der Waals surface area contributed by atoms with E-state index in [0.717, 1.165) is 5.69 Å². The molecule has 0 aliphatic rings. The average Bonchev–Trinajstić information content (AvgIpc) is 2.52. The number of aromatic nitrogens is 2. The van der Waals surface area contributed by atoms with Gasteiger partial charge in [0.05, 0.1) is 5.69 Å². The molecule has 0 aromatic carbocycles. The van der Waals surface area contributed by atoms with Crippen molar-refractivity contribution in [3.8, 4) is 0 Å². The van der Waals surface area contributed by atoms with E-state index < -0.39 is 5.92 Å². The van der Waals surface area contributed by atoms with Crippen LogP contribution < -0.4 is 0 Å². The van der Waals surface area contributed by atoms with Crippen LogP contribution >= 0.6 is 0 Å². The maximum absolute atomic E-state index is 13.0. The molecule has 1 aromatic heterocycles. The van der Waals surface area contributed by atoms with Gasteiger partial charge in [-0.3, -0.25) is 4.68 Å². The highest BCUT2D eigenvalue weighted by Gasteiger charge is 2.27. The summed E-state index contributed by atoms with van der Waals surface area (Å²) < 4.78 is 27.3. The van der Waals surface area contributed by atoms with Gasteiger partial charge in [-0.25, -0.2) is 8.78 Å². The van der Waals surface area contributed by atoms with Crippen LogP contribution in [-0.4, -0.2) is 15.7 Å². The first-order chi connectivity index (χ1) is 6.44. The van der Waals surface area contributed by atoms with Crippen LogP contribution in [0.1, 0.15) is 38.8 Å². The number of rotatable bonds is 4. The van der Waals surface area contributed by atoms with Crippen LogP contribution in [0.25, 0.3) is 0 Å². The monoisotopic (exact) mass is 202 g/mol. The second kappa shape index (κ2) is 4.07. The van der Waals surface area contributed by atoms with Crippen molar-refractivity contribution in [3.05, 3.63) is 18.0 Å². The molecule has 0 radical (unpaired) electrons. The van der Waals surface area contributed by atoms with Crippen LogP contribution in [0, 0.1) is 0 Å². The van der Waals surface area contributed by atoms with Crippen molar-refractivity contribution < 1.29 is 8.78 Å². The third-order valence-corrected chi connectivity index (χ3v) is 2.16. The molecule has 4 heteroatoms. The lowest BCUT2D eigenvalue weighted by atomic mass is 10.1. The van der Waals surface area contributed by atoms with Gasteiger partial charge < -0.3 is 0 Å². The molecular weight excluding hydrogens is 186 g/mol. The summed E-state index contributed by atoms with van der Waals surface area (Å²) in [6.45, 7) is 5.14. The molecule has 0 atom stereocenters. The smallest absolute Gasteiger partial charge is 0.266 e. The number of hydrogen-bond acceptors (Lipinski definition) is 1. The topological polar surface area (TPSA) is 17.8 Å². The Morgan fingerprint density at radius 3 is 2.57 bits per heavy atom. The lowest BCUT2D eigenvalue weighted by Crippen LogP contribution is -2.23. The molecule has 0 aliphatic heterocycles. The molecule has 0 N–H and O–H groups in total. The van der Waals surface area contributed by atoms with E-state index in [2.05, 4.69) is 5.10 Å². The Labute approximate surface area is 82.9 Å². The highest BCUT2D eigenvalue weighted by Crippen LogP contribution is 2.20. The third-order valence-electron chi connectivity index (χ3n) is 2.16. The molecule has 14 heavy (non-hydrogen) atoms. The highest BCUT2D eigenvalue weighted by molar-refractivity contribution is 5.03. The third kappa shape index (κ3) is 2.79. The maximum Gasteiger partial charge on any atom is 0.267 e. The van der Waals surface area contributed by atoms with Gasteiger partial charge in [0.2, 0.25) is 0 Å². The van der Waals surface area contributed by atoms with Crippen molar-refractivity contribution in [2.75, 3.05) is 0 Å². The summed E-state index contributed by atoms with van der Waals surface area (Å²) in [6.07, 6.45) is 1.46. The van der Waals surface area contributed by atoms with Crippen LogP contribution in [0.2, 0.25) is 0 Å². The molecule has 0 saturated heterocycles. The quantitative estimate of drug-likeness (QED) is 0.733. The van der Waals surface area contributed by atoms with Crippen LogP contribution in [0.5, 0.6) is 0 Å². The van der Waals surface area contributed by atoms with Crippen molar-refractivity contribution in [2.45, 2.75) is 45.6 Å². The Morgan fingerprint density at radius 1 is 1.50 bits per heavy atom. The SMILES string of the molecule is CCC(F)(F)Cn1ccc(C(C)C)n1. The van der Waals surface area contributed by atoms with Crippen LogP contribution in [0.4, 0.5) is 8.78 Å². The van der Waals surface area contributed by atoms with E-state index in [-0.39, 0.29) is 18.9 Å². The molecule has 0 spiro atoms. The van der Waals surface area contributed by atoms with Crippen LogP contribution in [0.15, 0.2) is 12.3 Å². The van der Waals surface area contributed by atoms with Crippen molar-refractivity contribution in [1.29, 1.82) is 0 Å². The molecule has 0 fully saturated rings. The van der Waals surface area contributed by atoms with Gasteiger partial charge >= 0.3 is 0 Å². The average molecular weight is 202 g/mol. The Kier molecular flexibility index (Phi) is 3.24. The lowest BCUT2D eigenvalue weighted by Gasteiger charge is -2.13. The Hall–Kier alpha value is -0.930. The van der Waals surface area contributed by atoms with Gasteiger partial charge in [0.15, 0.2) is 0 Å². The van der Waals surface area contributed by atoms with Gasteiger partial charge in [0, 0.05) is 12.6 Å². The first-order valence-electron chi connectivity index (χ1n) is 4.86. The van der Waals surface area contributed by atoms with Gasteiger partial charge in [-0.15, -0.1) is 0 Å². The van der Waals surface area contributed by atoms with E-state index >= 15 is 0 Å². The van der Waals surface area contributed by atoms with E-state index in [1.54, 1.807) is 12.3 Å². The van der Waals surface area contributed by atoms with E-state index in [9.17, 15) is 8.78 Å². The summed E-state index contributed by atoms with van der Waals surface area (Å²) in [7, 11) is 0. The summed E-state index contributed by atoms with van der Waals surface area (Å²) in [5.41, 5.74) is 0.858. The fraction of sp³-hybridized carbons (Fsp3) is 0.700. The maximum atomic E-state index is 13.0. The van der Waals surface area contributed by atoms with Gasteiger partial charge in [-0.2, -0.15) is 5.10 Å². The van der Waals surface area contributed by atoms with E-state index in [1.165, 1.54) is 11.6 Å². The molecule has 1 aromatic rings. The molecule has 0 unspecified atom stereocenters. The van der Waals surface area contributed by atoms with Crippen molar-refractivity contribution in [3.63, 3.8) is 0 Å². The number of halogens is 2. The molecule has 0 saturated carbocycles. The fourth-order valence-corrected chi connectivity index (χ4v) is 1.12. The van der Waals surface area contributed by atoms with Gasteiger partial charge in [-0.1, -0.05) is 20.8 Å². The van der Waals surface area contributed by atoms with Gasteiger partial charge in [0.1, 0.15) is 6.54 Å². The van der Waals surface area contributed by atoms with Gasteiger partial charge in [-0.05, 0) is 12.0 Å². The largest absolute Gasteiger partial charge is 0.267 e. The predicted molar refractivity (Wildman–Crippen MR) is 51.6 cm³/mol. The molecule has 1 rings (SSSR count). The van der Waals surface area contributed by atoms with Crippen molar-refractivity contribution in [1.82, 2.24) is 9.78 Å². The second-order valence-corrected chi connectivity index (χ2v) is 3.80. The standard InChI is InChI=1S/C10H16F2N2/c1-4-10(11,12)7-14-6-5-9(13-14)8(2)3/h5-6,8H,4,7H2,1-3H3. The molecule has 80 valence electrons. The minimum Gasteiger partial charge on any atom is -0.266 e. The van der Waals surface area contributed by atoms with E-state index in [1.807, 2.05) is 13.8 Å². The highest BCUT2D eigenvalue weighted by atomic mass is 19.3. The predicted octanol–water partition coefficient (Wildman–Crippen LogP) is 3.05. The Morgan fingerprint density at radius 2 is 2.14 bits per heavy atom. The Balaban J connectivity index is 2.69. The summed E-state index contributed by atoms with van der Waals surface area (Å²) >= 11 is 0. The van der Waals surface area contributed by atoms with E-state index in [4.69, 9.17) is 0 Å². The molecular formula is C10H16F2N2. The molecule has 1 heterocycles. The second-order valence-electron chi connectivity index (χ2n) is 3.80. The van der Waals surface area contributed by atoms with E-state index in [0.29, 0.717) is 0 Å². The summed E-state index contributed by atoms with van der Waals surface area (Å²) in [4.78, 5) is 0. The minimum absolute atomic E-state index is 0.149. The fourth-order valence-electron chi connectivity index (χ4n) is 1.12. The minimum atomic E-state index is -2.65. The first kappa shape index (κ1) is 11.1. The first-order valence-corrected chi connectivity index (χ1v) is 4.86. The zero-order chi connectivity index (χ0) is 10.8. The molecule has 0 amide bonds. The number of alkyl halides is 2. The summed E-state index contributed by atoms with van der Waals surface area (Å²) in [5, 5.41) is 4.08. The summed E-state index contributed by atoms with van der Waals surface area (Å²) in [5.74, 6) is -2.37. The molecule has 2 nitrogen and oxygen atoms in total. The molecule has 0 bridgehead atoms. The number of nitrogens with zero attached hydrogens (tertiary/aromatic N) is 2. The van der Waals surface area contributed by atoms with Crippen LogP contribution in [-0.2, 0) is 6.54 Å². The van der Waals surface area contributed by atoms with Crippen molar-refractivity contribution >= 4 is 0 Å². The zero-order valence-corrected chi connectivity index (χ0v) is 8.80. The van der Waals surface area contributed by atoms with Gasteiger partial charge in [0.25, 0.3) is 5.92 Å². The number of hydrogen-bond donors (Lipinski definition) is 0.